The first-order valence-electron chi connectivity index (χ1n) is 3.86. The second kappa shape index (κ2) is 4.25. The monoisotopic (exact) mass is 190 g/mol. The van der Waals surface area contributed by atoms with Gasteiger partial charge in [0.1, 0.15) is 23.2 Å². The third kappa shape index (κ3) is 1.81. The Hall–Kier alpha value is -2.07. The number of halogens is 1. The molecule has 0 aliphatic carbocycles. The van der Waals surface area contributed by atoms with Crippen LogP contribution in [0.25, 0.3) is 0 Å². The quantitative estimate of drug-likeness (QED) is 0.714. The van der Waals surface area contributed by atoms with Crippen LogP contribution in [0.1, 0.15) is 11.1 Å². The predicted molar refractivity (Wildman–Crippen MR) is 47.0 cm³/mol. The van der Waals surface area contributed by atoms with E-state index in [2.05, 4.69) is 0 Å². The maximum Gasteiger partial charge on any atom is 0.145 e. The van der Waals surface area contributed by atoms with Crippen molar-refractivity contribution in [1.29, 1.82) is 10.5 Å². The second-order valence-corrected chi connectivity index (χ2v) is 2.60. The molecule has 0 aromatic heterocycles. The van der Waals surface area contributed by atoms with Crippen LogP contribution in [-0.4, -0.2) is 7.11 Å². The fourth-order valence-electron chi connectivity index (χ4n) is 1.10. The molecular weight excluding hydrogens is 183 g/mol. The average molecular weight is 190 g/mol. The molecule has 0 saturated heterocycles. The number of hydrogen-bond acceptors (Lipinski definition) is 3. The van der Waals surface area contributed by atoms with Crippen molar-refractivity contribution < 1.29 is 9.13 Å². The molecule has 0 bridgehead atoms. The van der Waals surface area contributed by atoms with Gasteiger partial charge in [0, 0.05) is 0 Å². The zero-order valence-electron chi connectivity index (χ0n) is 7.54. The fourth-order valence-corrected chi connectivity index (χ4v) is 1.10. The lowest BCUT2D eigenvalue weighted by atomic mass is 10.1. The van der Waals surface area contributed by atoms with E-state index in [1.165, 1.54) is 19.2 Å². The van der Waals surface area contributed by atoms with Gasteiger partial charge in [-0.15, -0.1) is 0 Å². The van der Waals surface area contributed by atoms with E-state index in [1.54, 1.807) is 6.07 Å². The number of ether oxygens (including phenoxy) is 1. The molecule has 0 radical (unpaired) electrons. The lowest BCUT2D eigenvalue weighted by Gasteiger charge is -2.05. The minimum Gasteiger partial charge on any atom is -0.495 e. The minimum atomic E-state index is -0.655. The van der Waals surface area contributed by atoms with Gasteiger partial charge < -0.3 is 4.74 Å². The number of methoxy groups -OCH3 is 1. The van der Waals surface area contributed by atoms with E-state index in [9.17, 15) is 4.39 Å². The number of nitriles is 2. The molecule has 0 aliphatic rings. The van der Waals surface area contributed by atoms with E-state index in [0.717, 1.165) is 0 Å². The zero-order valence-corrected chi connectivity index (χ0v) is 7.54. The van der Waals surface area contributed by atoms with Gasteiger partial charge in [0.05, 0.1) is 19.6 Å². The largest absolute Gasteiger partial charge is 0.495 e. The molecule has 14 heavy (non-hydrogen) atoms. The van der Waals surface area contributed by atoms with Gasteiger partial charge in [-0.05, 0) is 17.7 Å². The molecule has 1 aromatic rings. The normalized spacial score (nSPS) is 8.86. The van der Waals surface area contributed by atoms with E-state index in [1.807, 2.05) is 6.07 Å². The average Bonchev–Trinajstić information content (AvgIpc) is 2.17. The van der Waals surface area contributed by atoms with Crippen LogP contribution in [0.2, 0.25) is 0 Å². The molecule has 0 saturated carbocycles. The van der Waals surface area contributed by atoms with Crippen molar-refractivity contribution in [3.05, 3.63) is 29.1 Å². The van der Waals surface area contributed by atoms with Crippen LogP contribution >= 0.6 is 0 Å². The van der Waals surface area contributed by atoms with Gasteiger partial charge >= 0.3 is 0 Å². The lowest BCUT2D eigenvalue weighted by Crippen LogP contribution is -1.95. The van der Waals surface area contributed by atoms with Gasteiger partial charge in [-0.25, -0.2) is 4.39 Å². The summed E-state index contributed by atoms with van der Waals surface area (Å²) >= 11 is 0. The molecule has 70 valence electrons. The van der Waals surface area contributed by atoms with Crippen LogP contribution in [0.4, 0.5) is 4.39 Å². The first kappa shape index (κ1) is 10.0. The summed E-state index contributed by atoms with van der Waals surface area (Å²) in [6, 6.07) is 6.26. The Bertz CT molecular complexity index is 429. The standard InChI is InChI=1S/C10H7FN2O/c1-14-10-5-7(2-3-12)4-9(11)8(10)6-13/h4-5H,2H2,1H3. The maximum absolute atomic E-state index is 13.2. The van der Waals surface area contributed by atoms with Gasteiger partial charge in [0.2, 0.25) is 0 Å². The van der Waals surface area contributed by atoms with Gasteiger partial charge in [-0.2, -0.15) is 10.5 Å². The highest BCUT2D eigenvalue weighted by Gasteiger charge is 2.10. The molecule has 4 heteroatoms. The van der Waals surface area contributed by atoms with E-state index >= 15 is 0 Å². The summed E-state index contributed by atoms with van der Waals surface area (Å²) in [4.78, 5) is 0. The van der Waals surface area contributed by atoms with Crippen LogP contribution in [0.5, 0.6) is 5.75 Å². The molecule has 1 aromatic carbocycles. The summed E-state index contributed by atoms with van der Waals surface area (Å²) in [5.41, 5.74) is 0.370. The molecule has 0 unspecified atom stereocenters. The van der Waals surface area contributed by atoms with Crippen molar-refractivity contribution in [3.63, 3.8) is 0 Å². The maximum atomic E-state index is 13.2. The van der Waals surface area contributed by atoms with Crippen molar-refractivity contribution in [2.45, 2.75) is 6.42 Å². The number of benzene rings is 1. The van der Waals surface area contributed by atoms with Crippen LogP contribution in [0.3, 0.4) is 0 Å². The van der Waals surface area contributed by atoms with Crippen molar-refractivity contribution >= 4 is 0 Å². The molecular formula is C10H7FN2O. The molecule has 0 aliphatic heterocycles. The number of hydrogen-bond donors (Lipinski definition) is 0. The number of nitrogens with zero attached hydrogens (tertiary/aromatic N) is 2. The van der Waals surface area contributed by atoms with Crippen LogP contribution in [-0.2, 0) is 6.42 Å². The van der Waals surface area contributed by atoms with Gasteiger partial charge in [0.25, 0.3) is 0 Å². The van der Waals surface area contributed by atoms with Crippen molar-refractivity contribution in [3.8, 4) is 17.9 Å². The Morgan fingerprint density at radius 2 is 2.14 bits per heavy atom. The molecule has 0 fully saturated rings. The van der Waals surface area contributed by atoms with E-state index in [0.29, 0.717) is 5.56 Å². The summed E-state index contributed by atoms with van der Waals surface area (Å²) in [5.74, 6) is -0.491. The molecule has 1 rings (SSSR count). The summed E-state index contributed by atoms with van der Waals surface area (Å²) < 4.78 is 18.0. The Labute approximate surface area is 81.0 Å². The van der Waals surface area contributed by atoms with E-state index in [-0.39, 0.29) is 17.7 Å². The van der Waals surface area contributed by atoms with Crippen molar-refractivity contribution in [2.24, 2.45) is 0 Å². The fraction of sp³-hybridized carbons (Fsp3) is 0.200. The first-order chi connectivity index (χ1) is 6.72. The first-order valence-corrected chi connectivity index (χ1v) is 3.86. The highest BCUT2D eigenvalue weighted by Crippen LogP contribution is 2.22. The Morgan fingerprint density at radius 3 is 2.64 bits per heavy atom. The number of rotatable bonds is 2. The van der Waals surface area contributed by atoms with E-state index in [4.69, 9.17) is 15.3 Å². The summed E-state index contributed by atoms with van der Waals surface area (Å²) in [6.45, 7) is 0. The van der Waals surface area contributed by atoms with Gasteiger partial charge in [0.15, 0.2) is 0 Å². The summed E-state index contributed by atoms with van der Waals surface area (Å²) in [6.07, 6.45) is 0.0962. The van der Waals surface area contributed by atoms with E-state index < -0.39 is 5.82 Å². The molecule has 0 heterocycles. The van der Waals surface area contributed by atoms with Crippen LogP contribution in [0.15, 0.2) is 12.1 Å². The topological polar surface area (TPSA) is 56.8 Å². The highest BCUT2D eigenvalue weighted by atomic mass is 19.1. The van der Waals surface area contributed by atoms with Crippen molar-refractivity contribution in [2.75, 3.05) is 7.11 Å². The SMILES string of the molecule is COc1cc(CC#N)cc(F)c1C#N. The van der Waals surface area contributed by atoms with Crippen molar-refractivity contribution in [1.82, 2.24) is 0 Å². The molecule has 0 amide bonds. The Kier molecular flexibility index (Phi) is 3.04. The second-order valence-electron chi connectivity index (χ2n) is 2.60. The minimum absolute atomic E-state index is 0.0962. The van der Waals surface area contributed by atoms with Crippen LogP contribution in [0, 0.1) is 28.5 Å². The molecule has 0 spiro atoms. The molecule has 0 N–H and O–H groups in total. The summed E-state index contributed by atoms with van der Waals surface area (Å²) in [5, 5.41) is 17.0. The van der Waals surface area contributed by atoms with Crippen LogP contribution < -0.4 is 4.74 Å². The Balaban J connectivity index is 3.27. The zero-order chi connectivity index (χ0) is 10.6. The Morgan fingerprint density at radius 1 is 1.43 bits per heavy atom. The molecule has 0 atom stereocenters. The lowest BCUT2D eigenvalue weighted by molar-refractivity contribution is 0.409. The summed E-state index contributed by atoms with van der Waals surface area (Å²) in [7, 11) is 1.35. The molecule has 3 nitrogen and oxygen atoms in total. The smallest absolute Gasteiger partial charge is 0.145 e. The van der Waals surface area contributed by atoms with Gasteiger partial charge in [-0.3, -0.25) is 0 Å². The third-order valence-corrected chi connectivity index (χ3v) is 1.73. The van der Waals surface area contributed by atoms with Gasteiger partial charge in [-0.1, -0.05) is 0 Å². The predicted octanol–water partition coefficient (Wildman–Crippen LogP) is 1.77. The third-order valence-electron chi connectivity index (χ3n) is 1.73. The highest BCUT2D eigenvalue weighted by molar-refractivity contribution is 5.46.